The third kappa shape index (κ3) is 3.28. The van der Waals surface area contributed by atoms with Gasteiger partial charge >= 0.3 is 0 Å². The number of hydrogen-bond acceptors (Lipinski definition) is 4. The largest absolute Gasteiger partial charge is 0.384 e. The van der Waals surface area contributed by atoms with Crippen molar-refractivity contribution in [2.75, 3.05) is 32.4 Å². The zero-order chi connectivity index (χ0) is 14.7. The predicted molar refractivity (Wildman–Crippen MR) is 80.6 cm³/mol. The third-order valence-electron chi connectivity index (χ3n) is 3.85. The standard InChI is InChI=1S/C15H24N4O/c1-4-13-10-18(3)6-5-7-19(13)15(20)12-8-11(2)17-14(16)9-12/h8-9,13H,4-7,10H2,1-3H3,(H2,16,17). The van der Waals surface area contributed by atoms with Crippen molar-refractivity contribution in [3.05, 3.63) is 23.4 Å². The molecule has 2 rings (SSSR count). The van der Waals surface area contributed by atoms with Gasteiger partial charge in [-0.1, -0.05) is 6.92 Å². The second-order valence-electron chi connectivity index (χ2n) is 5.60. The number of rotatable bonds is 2. The molecule has 0 bridgehead atoms. The SMILES string of the molecule is CCC1CN(C)CCCN1C(=O)c1cc(C)nc(N)c1. The van der Waals surface area contributed by atoms with Crippen LogP contribution < -0.4 is 5.73 Å². The lowest BCUT2D eigenvalue weighted by molar-refractivity contribution is 0.0675. The number of aromatic nitrogens is 1. The summed E-state index contributed by atoms with van der Waals surface area (Å²) in [5, 5.41) is 0. The van der Waals surface area contributed by atoms with Gasteiger partial charge in [0.05, 0.1) is 0 Å². The summed E-state index contributed by atoms with van der Waals surface area (Å²) in [5.74, 6) is 0.484. The lowest BCUT2D eigenvalue weighted by atomic mass is 10.1. The number of carbonyl (C=O) groups is 1. The van der Waals surface area contributed by atoms with Crippen molar-refractivity contribution in [1.82, 2.24) is 14.8 Å². The van der Waals surface area contributed by atoms with Gasteiger partial charge in [0, 0.05) is 30.4 Å². The number of nitrogen functional groups attached to an aromatic ring is 1. The molecule has 0 radical (unpaired) electrons. The Kier molecular flexibility index (Phi) is 4.60. The zero-order valence-electron chi connectivity index (χ0n) is 12.6. The van der Waals surface area contributed by atoms with E-state index in [2.05, 4.69) is 23.9 Å². The number of likely N-dealkylation sites (N-methyl/N-ethyl adjacent to an activating group) is 1. The fraction of sp³-hybridized carbons (Fsp3) is 0.600. The van der Waals surface area contributed by atoms with Gasteiger partial charge in [-0.3, -0.25) is 4.79 Å². The molecule has 1 unspecified atom stereocenters. The Morgan fingerprint density at radius 1 is 1.45 bits per heavy atom. The van der Waals surface area contributed by atoms with E-state index < -0.39 is 0 Å². The molecule has 0 aliphatic carbocycles. The van der Waals surface area contributed by atoms with E-state index in [9.17, 15) is 4.79 Å². The molecule has 0 aromatic carbocycles. The quantitative estimate of drug-likeness (QED) is 0.890. The molecule has 0 saturated carbocycles. The molecule has 1 amide bonds. The maximum absolute atomic E-state index is 12.8. The van der Waals surface area contributed by atoms with Gasteiger partial charge in [0.15, 0.2) is 0 Å². The molecule has 2 N–H and O–H groups in total. The Labute approximate surface area is 120 Å². The first kappa shape index (κ1) is 14.8. The minimum absolute atomic E-state index is 0.0735. The molecule has 1 fully saturated rings. The number of anilines is 1. The van der Waals surface area contributed by atoms with Crippen LogP contribution in [-0.4, -0.2) is 53.4 Å². The highest BCUT2D eigenvalue weighted by molar-refractivity contribution is 5.95. The highest BCUT2D eigenvalue weighted by Gasteiger charge is 2.27. The Hall–Kier alpha value is -1.62. The summed E-state index contributed by atoms with van der Waals surface area (Å²) in [6.45, 7) is 6.78. The van der Waals surface area contributed by atoms with Gasteiger partial charge < -0.3 is 15.5 Å². The second-order valence-corrected chi connectivity index (χ2v) is 5.60. The van der Waals surface area contributed by atoms with Crippen LogP contribution in [0.4, 0.5) is 5.82 Å². The van der Waals surface area contributed by atoms with Crippen LogP contribution in [0.2, 0.25) is 0 Å². The Balaban J connectivity index is 2.25. The number of nitrogens with zero attached hydrogens (tertiary/aromatic N) is 3. The topological polar surface area (TPSA) is 62.5 Å². The van der Waals surface area contributed by atoms with E-state index in [1.165, 1.54) is 0 Å². The molecular formula is C15H24N4O. The predicted octanol–water partition coefficient (Wildman–Crippen LogP) is 1.53. The summed E-state index contributed by atoms with van der Waals surface area (Å²) >= 11 is 0. The fourth-order valence-electron chi connectivity index (χ4n) is 2.84. The Morgan fingerprint density at radius 2 is 2.20 bits per heavy atom. The maximum atomic E-state index is 12.8. The van der Waals surface area contributed by atoms with E-state index in [-0.39, 0.29) is 11.9 Å². The zero-order valence-corrected chi connectivity index (χ0v) is 12.6. The minimum atomic E-state index is 0.0735. The van der Waals surface area contributed by atoms with E-state index in [1.807, 2.05) is 17.9 Å². The Bertz CT molecular complexity index is 469. The van der Waals surface area contributed by atoms with Gasteiger partial charge in [0.25, 0.3) is 5.91 Å². The summed E-state index contributed by atoms with van der Waals surface area (Å²) in [6, 6.07) is 3.76. The third-order valence-corrected chi connectivity index (χ3v) is 3.85. The number of nitrogens with two attached hydrogens (primary N) is 1. The van der Waals surface area contributed by atoms with E-state index in [0.717, 1.165) is 38.2 Å². The van der Waals surface area contributed by atoms with Gasteiger partial charge in [-0.05, 0) is 45.5 Å². The van der Waals surface area contributed by atoms with Crippen LogP contribution in [0.5, 0.6) is 0 Å². The van der Waals surface area contributed by atoms with Crippen LogP contribution in [0, 0.1) is 6.92 Å². The van der Waals surface area contributed by atoms with Crippen LogP contribution >= 0.6 is 0 Å². The molecule has 1 aliphatic heterocycles. The average Bonchev–Trinajstić information content (AvgIpc) is 2.58. The lowest BCUT2D eigenvalue weighted by Crippen LogP contribution is -2.43. The number of aryl methyl sites for hydroxylation is 1. The van der Waals surface area contributed by atoms with Crippen LogP contribution in [0.1, 0.15) is 35.8 Å². The van der Waals surface area contributed by atoms with Gasteiger partial charge in [0.2, 0.25) is 0 Å². The van der Waals surface area contributed by atoms with Crippen LogP contribution in [0.3, 0.4) is 0 Å². The molecule has 110 valence electrons. The summed E-state index contributed by atoms with van der Waals surface area (Å²) in [7, 11) is 2.12. The van der Waals surface area contributed by atoms with Crippen molar-refractivity contribution in [2.45, 2.75) is 32.7 Å². The summed E-state index contributed by atoms with van der Waals surface area (Å²) in [5.41, 5.74) is 7.19. The smallest absolute Gasteiger partial charge is 0.254 e. The van der Waals surface area contributed by atoms with Gasteiger partial charge in [-0.25, -0.2) is 4.98 Å². The van der Waals surface area contributed by atoms with E-state index in [1.54, 1.807) is 6.07 Å². The monoisotopic (exact) mass is 276 g/mol. The van der Waals surface area contributed by atoms with Crippen molar-refractivity contribution in [3.63, 3.8) is 0 Å². The molecule has 5 nitrogen and oxygen atoms in total. The van der Waals surface area contributed by atoms with Crippen molar-refractivity contribution in [2.24, 2.45) is 0 Å². The van der Waals surface area contributed by atoms with Crippen molar-refractivity contribution in [3.8, 4) is 0 Å². The number of hydrogen-bond donors (Lipinski definition) is 1. The molecule has 1 aromatic heterocycles. The first-order valence-corrected chi connectivity index (χ1v) is 7.25. The highest BCUT2D eigenvalue weighted by atomic mass is 16.2. The summed E-state index contributed by atoms with van der Waals surface area (Å²) in [4.78, 5) is 21.2. The summed E-state index contributed by atoms with van der Waals surface area (Å²) < 4.78 is 0. The molecule has 5 heteroatoms. The number of pyridine rings is 1. The molecular weight excluding hydrogens is 252 g/mol. The molecule has 1 saturated heterocycles. The normalized spacial score (nSPS) is 20.8. The Morgan fingerprint density at radius 3 is 2.85 bits per heavy atom. The van der Waals surface area contributed by atoms with Crippen LogP contribution in [-0.2, 0) is 0 Å². The second kappa shape index (κ2) is 6.22. The van der Waals surface area contributed by atoms with Crippen molar-refractivity contribution < 1.29 is 4.79 Å². The molecule has 20 heavy (non-hydrogen) atoms. The van der Waals surface area contributed by atoms with Crippen LogP contribution in [0.25, 0.3) is 0 Å². The molecule has 0 spiro atoms. The van der Waals surface area contributed by atoms with Gasteiger partial charge in [0.1, 0.15) is 5.82 Å². The minimum Gasteiger partial charge on any atom is -0.384 e. The van der Waals surface area contributed by atoms with E-state index in [0.29, 0.717) is 11.4 Å². The average molecular weight is 276 g/mol. The molecule has 1 atom stereocenters. The van der Waals surface area contributed by atoms with E-state index >= 15 is 0 Å². The van der Waals surface area contributed by atoms with Crippen LogP contribution in [0.15, 0.2) is 12.1 Å². The molecule has 1 aliphatic rings. The number of amides is 1. The molecule has 1 aromatic rings. The molecule has 2 heterocycles. The first-order chi connectivity index (χ1) is 9.51. The lowest BCUT2D eigenvalue weighted by Gasteiger charge is -2.30. The fourth-order valence-corrected chi connectivity index (χ4v) is 2.84. The first-order valence-electron chi connectivity index (χ1n) is 7.25. The highest BCUT2D eigenvalue weighted by Crippen LogP contribution is 2.17. The van der Waals surface area contributed by atoms with Gasteiger partial charge in [-0.2, -0.15) is 0 Å². The van der Waals surface area contributed by atoms with Crippen molar-refractivity contribution in [1.29, 1.82) is 0 Å². The maximum Gasteiger partial charge on any atom is 0.254 e. The van der Waals surface area contributed by atoms with Gasteiger partial charge in [-0.15, -0.1) is 0 Å². The van der Waals surface area contributed by atoms with Crippen molar-refractivity contribution >= 4 is 11.7 Å². The van der Waals surface area contributed by atoms with E-state index in [4.69, 9.17) is 5.73 Å². The number of carbonyl (C=O) groups excluding carboxylic acids is 1. The summed E-state index contributed by atoms with van der Waals surface area (Å²) in [6.07, 6.45) is 1.98.